The Labute approximate surface area is 159 Å². The number of benzene rings is 1. The summed E-state index contributed by atoms with van der Waals surface area (Å²) in [7, 11) is 0. The first-order valence-corrected chi connectivity index (χ1v) is 9.77. The minimum Gasteiger partial charge on any atom is -0.443 e. The summed E-state index contributed by atoms with van der Waals surface area (Å²) in [6, 6.07) is 6.50. The molecular weight excluding hydrogens is 345 g/mol. The molecule has 144 valence electrons. The number of rotatable bonds is 5. The summed E-state index contributed by atoms with van der Waals surface area (Å²) in [5.41, 5.74) is 0.341. The van der Waals surface area contributed by atoms with Crippen molar-refractivity contribution in [1.82, 2.24) is 14.8 Å². The van der Waals surface area contributed by atoms with E-state index >= 15 is 0 Å². The summed E-state index contributed by atoms with van der Waals surface area (Å²) >= 11 is 0. The Kier molecular flexibility index (Phi) is 5.00. The van der Waals surface area contributed by atoms with E-state index in [4.69, 9.17) is 4.42 Å². The zero-order valence-electron chi connectivity index (χ0n) is 15.8. The second kappa shape index (κ2) is 7.43. The van der Waals surface area contributed by atoms with E-state index in [9.17, 15) is 9.18 Å². The Morgan fingerprint density at radius 2 is 2.07 bits per heavy atom. The molecule has 0 N–H and O–H groups in total. The van der Waals surface area contributed by atoms with Gasteiger partial charge in [-0.15, -0.1) is 0 Å². The predicted octanol–water partition coefficient (Wildman–Crippen LogP) is 3.34. The van der Waals surface area contributed by atoms with Crippen LogP contribution in [0.1, 0.15) is 49.8 Å². The second-order valence-electron chi connectivity index (χ2n) is 7.84. The summed E-state index contributed by atoms with van der Waals surface area (Å²) in [5.74, 6) is 1.17. The molecule has 0 saturated carbocycles. The normalized spacial score (nSPS) is 23.3. The lowest BCUT2D eigenvalue weighted by Crippen LogP contribution is -2.47. The molecule has 27 heavy (non-hydrogen) atoms. The smallest absolute Gasteiger partial charge is 0.237 e. The number of oxazole rings is 1. The molecule has 2 fully saturated rings. The Morgan fingerprint density at radius 3 is 2.85 bits per heavy atom. The molecule has 0 radical (unpaired) electrons. The first kappa shape index (κ1) is 18.2. The van der Waals surface area contributed by atoms with Gasteiger partial charge in [-0.25, -0.2) is 9.37 Å². The van der Waals surface area contributed by atoms with Crippen LogP contribution < -0.4 is 0 Å². The number of likely N-dealkylation sites (tertiary alicyclic amines) is 2. The lowest BCUT2D eigenvalue weighted by molar-refractivity contribution is -0.137. The van der Waals surface area contributed by atoms with Crippen LogP contribution in [0.15, 0.2) is 34.9 Å². The van der Waals surface area contributed by atoms with Gasteiger partial charge in [0.25, 0.3) is 0 Å². The number of halogens is 1. The van der Waals surface area contributed by atoms with E-state index in [0.717, 1.165) is 38.0 Å². The van der Waals surface area contributed by atoms with Gasteiger partial charge in [0.05, 0.1) is 12.7 Å². The number of nitrogens with zero attached hydrogens (tertiary/aromatic N) is 3. The maximum atomic E-state index is 13.4. The lowest BCUT2D eigenvalue weighted by atomic mass is 9.99. The van der Waals surface area contributed by atoms with Gasteiger partial charge in [-0.1, -0.05) is 12.1 Å². The second-order valence-corrected chi connectivity index (χ2v) is 7.84. The zero-order chi connectivity index (χ0) is 18.9. The van der Waals surface area contributed by atoms with E-state index in [1.807, 2.05) is 17.9 Å². The highest BCUT2D eigenvalue weighted by Gasteiger charge is 2.45. The van der Waals surface area contributed by atoms with Crippen molar-refractivity contribution in [2.75, 3.05) is 26.2 Å². The van der Waals surface area contributed by atoms with Crippen LogP contribution in [0.25, 0.3) is 0 Å². The third-order valence-corrected chi connectivity index (χ3v) is 5.78. The number of carbonyl (C=O) groups is 1. The average molecular weight is 371 g/mol. The van der Waals surface area contributed by atoms with E-state index in [0.29, 0.717) is 24.6 Å². The van der Waals surface area contributed by atoms with Crippen molar-refractivity contribution < 1.29 is 13.6 Å². The van der Waals surface area contributed by atoms with Crippen molar-refractivity contribution in [1.29, 1.82) is 0 Å². The largest absolute Gasteiger partial charge is 0.443 e. The molecule has 1 atom stereocenters. The van der Waals surface area contributed by atoms with E-state index in [1.54, 1.807) is 12.3 Å². The predicted molar refractivity (Wildman–Crippen MR) is 99.7 cm³/mol. The number of hydrogen-bond donors (Lipinski definition) is 0. The van der Waals surface area contributed by atoms with Crippen molar-refractivity contribution in [3.63, 3.8) is 0 Å². The van der Waals surface area contributed by atoms with Gasteiger partial charge in [0.15, 0.2) is 0 Å². The molecule has 6 heteroatoms. The van der Waals surface area contributed by atoms with Gasteiger partial charge in [0, 0.05) is 13.0 Å². The fourth-order valence-corrected chi connectivity index (χ4v) is 4.29. The molecule has 0 aliphatic carbocycles. The highest BCUT2D eigenvalue weighted by atomic mass is 19.1. The molecule has 2 aliphatic heterocycles. The molecule has 0 spiro atoms. The first-order valence-electron chi connectivity index (χ1n) is 9.77. The van der Waals surface area contributed by atoms with Gasteiger partial charge >= 0.3 is 0 Å². The molecule has 4 rings (SSSR count). The highest BCUT2D eigenvalue weighted by Crippen LogP contribution is 2.38. The molecule has 1 aromatic heterocycles. The Hall–Kier alpha value is -2.21. The molecule has 1 amide bonds. The summed E-state index contributed by atoms with van der Waals surface area (Å²) < 4.78 is 19.4. The monoisotopic (exact) mass is 371 g/mol. The van der Waals surface area contributed by atoms with Gasteiger partial charge in [0.2, 0.25) is 11.8 Å². The quantitative estimate of drug-likeness (QED) is 0.809. The van der Waals surface area contributed by atoms with Crippen LogP contribution in [-0.4, -0.2) is 46.9 Å². The van der Waals surface area contributed by atoms with Crippen LogP contribution in [0.5, 0.6) is 0 Å². The molecule has 5 nitrogen and oxygen atoms in total. The van der Waals surface area contributed by atoms with Crippen LogP contribution in [0.2, 0.25) is 0 Å². The molecule has 0 unspecified atom stereocenters. The number of aromatic nitrogens is 1. The highest BCUT2D eigenvalue weighted by molar-refractivity contribution is 5.79. The molecule has 1 aromatic carbocycles. The third kappa shape index (κ3) is 3.76. The van der Waals surface area contributed by atoms with Crippen molar-refractivity contribution in [2.24, 2.45) is 0 Å². The number of amides is 1. The topological polar surface area (TPSA) is 49.6 Å². The lowest BCUT2D eigenvalue weighted by Gasteiger charge is -2.33. The van der Waals surface area contributed by atoms with Gasteiger partial charge in [-0.3, -0.25) is 9.69 Å². The molecule has 2 aliphatic rings. The fraction of sp³-hybridized carbons (Fsp3) is 0.524. The SMILES string of the molecule is C[C@@]1(c2ncc(Cc3cccc(F)c3)o2)CCCN1C(=O)CN1CCCC1. The van der Waals surface area contributed by atoms with Crippen molar-refractivity contribution >= 4 is 5.91 Å². The number of hydrogen-bond acceptors (Lipinski definition) is 4. The van der Waals surface area contributed by atoms with Crippen LogP contribution in [0, 0.1) is 5.82 Å². The Balaban J connectivity index is 1.49. The van der Waals surface area contributed by atoms with Crippen LogP contribution >= 0.6 is 0 Å². The summed E-state index contributed by atoms with van der Waals surface area (Å²) in [4.78, 5) is 21.5. The van der Waals surface area contributed by atoms with E-state index < -0.39 is 5.54 Å². The molecule has 2 saturated heterocycles. The van der Waals surface area contributed by atoms with Gasteiger partial charge in [-0.05, 0) is 63.4 Å². The molecule has 2 aromatic rings. The molecular formula is C21H26FN3O2. The van der Waals surface area contributed by atoms with Gasteiger partial charge in [0.1, 0.15) is 17.1 Å². The average Bonchev–Trinajstić information content (AvgIpc) is 3.36. The number of carbonyl (C=O) groups excluding carboxylic acids is 1. The molecule has 3 heterocycles. The van der Waals surface area contributed by atoms with E-state index in [1.165, 1.54) is 25.0 Å². The summed E-state index contributed by atoms with van der Waals surface area (Å²) in [6.07, 6.45) is 6.33. The minimum absolute atomic E-state index is 0.154. The van der Waals surface area contributed by atoms with Crippen molar-refractivity contribution in [2.45, 2.75) is 44.6 Å². The van der Waals surface area contributed by atoms with Crippen LogP contribution in [0.4, 0.5) is 4.39 Å². The summed E-state index contributed by atoms with van der Waals surface area (Å²) in [6.45, 7) is 5.27. The Morgan fingerprint density at radius 1 is 1.26 bits per heavy atom. The fourth-order valence-electron chi connectivity index (χ4n) is 4.29. The van der Waals surface area contributed by atoms with Crippen molar-refractivity contribution in [3.8, 4) is 0 Å². The third-order valence-electron chi connectivity index (χ3n) is 5.78. The van der Waals surface area contributed by atoms with E-state index in [-0.39, 0.29) is 11.7 Å². The van der Waals surface area contributed by atoms with Crippen molar-refractivity contribution in [3.05, 3.63) is 53.5 Å². The zero-order valence-corrected chi connectivity index (χ0v) is 15.8. The van der Waals surface area contributed by atoms with Crippen LogP contribution in [-0.2, 0) is 16.8 Å². The minimum atomic E-state index is -0.503. The summed E-state index contributed by atoms with van der Waals surface area (Å²) in [5, 5.41) is 0. The van der Waals surface area contributed by atoms with Gasteiger partial charge in [-0.2, -0.15) is 0 Å². The maximum Gasteiger partial charge on any atom is 0.237 e. The van der Waals surface area contributed by atoms with Gasteiger partial charge < -0.3 is 9.32 Å². The maximum absolute atomic E-state index is 13.4. The molecule has 0 bridgehead atoms. The van der Waals surface area contributed by atoms with E-state index in [2.05, 4.69) is 9.88 Å². The first-order chi connectivity index (χ1) is 13.0. The van der Waals surface area contributed by atoms with Crippen LogP contribution in [0.3, 0.4) is 0 Å². The Bertz CT molecular complexity index is 815. The standard InChI is InChI=1S/C21H26FN3O2/c1-21(8-5-11-25(21)19(26)15-24-9-2-3-10-24)20-23-14-18(27-20)13-16-6-4-7-17(22)12-16/h4,6-7,12,14H,2-3,5,8-11,13,15H2,1H3/t21-/m0/s1.